The van der Waals surface area contributed by atoms with E-state index in [-0.39, 0.29) is 11.9 Å². The van der Waals surface area contributed by atoms with Gasteiger partial charge in [-0.1, -0.05) is 46.6 Å². The summed E-state index contributed by atoms with van der Waals surface area (Å²) in [5.74, 6) is 1.19. The van der Waals surface area contributed by atoms with E-state index in [1.54, 1.807) is 11.0 Å². The van der Waals surface area contributed by atoms with Crippen molar-refractivity contribution in [3.8, 4) is 11.4 Å². The van der Waals surface area contributed by atoms with Crippen LogP contribution in [0, 0.1) is 13.8 Å². The highest BCUT2D eigenvalue weighted by molar-refractivity contribution is 6.31. The predicted octanol–water partition coefficient (Wildman–Crippen LogP) is 5.42. The molecule has 2 amide bonds. The van der Waals surface area contributed by atoms with Crippen LogP contribution in [-0.2, 0) is 0 Å². The summed E-state index contributed by atoms with van der Waals surface area (Å²) in [5, 5.41) is 7.70. The largest absolute Gasteiger partial charge is 0.339 e. The van der Waals surface area contributed by atoms with E-state index in [9.17, 15) is 4.79 Å². The molecular formula is C22H23ClN4O2. The van der Waals surface area contributed by atoms with Crippen LogP contribution in [0.1, 0.15) is 35.8 Å². The molecule has 1 fully saturated rings. The van der Waals surface area contributed by atoms with Gasteiger partial charge >= 0.3 is 6.03 Å². The molecule has 2 heterocycles. The molecule has 1 N–H and O–H groups in total. The molecule has 1 saturated heterocycles. The normalized spacial score (nSPS) is 16.7. The fourth-order valence-corrected chi connectivity index (χ4v) is 3.72. The summed E-state index contributed by atoms with van der Waals surface area (Å²) in [6, 6.07) is 13.4. The molecule has 7 heteroatoms. The summed E-state index contributed by atoms with van der Waals surface area (Å²) < 4.78 is 5.54. The Balaban J connectivity index is 1.44. The van der Waals surface area contributed by atoms with Crippen LogP contribution in [0.15, 0.2) is 47.0 Å². The molecule has 1 aliphatic rings. The van der Waals surface area contributed by atoms with Gasteiger partial charge in [-0.15, -0.1) is 0 Å². The Morgan fingerprint density at radius 3 is 2.90 bits per heavy atom. The number of halogens is 1. The van der Waals surface area contributed by atoms with Crippen molar-refractivity contribution in [1.82, 2.24) is 15.0 Å². The van der Waals surface area contributed by atoms with Gasteiger partial charge in [0.2, 0.25) is 11.7 Å². The first-order valence-corrected chi connectivity index (χ1v) is 10.1. The van der Waals surface area contributed by atoms with E-state index in [0.29, 0.717) is 35.5 Å². The van der Waals surface area contributed by atoms with Crippen LogP contribution in [0.5, 0.6) is 0 Å². The number of carbonyl (C=O) groups is 1. The van der Waals surface area contributed by atoms with Crippen molar-refractivity contribution in [2.45, 2.75) is 32.6 Å². The Bertz CT molecular complexity index is 1030. The number of hydrogen-bond donors (Lipinski definition) is 1. The van der Waals surface area contributed by atoms with Gasteiger partial charge in [-0.3, -0.25) is 0 Å². The zero-order valence-electron chi connectivity index (χ0n) is 16.5. The SMILES string of the molecule is Cc1cccc(-c2noc([C@H]3CCCN(C(=O)Nc4ccc(C)c(Cl)c4)C3)n2)c1. The average Bonchev–Trinajstić information content (AvgIpc) is 3.21. The number of nitrogens with one attached hydrogen (secondary N) is 1. The summed E-state index contributed by atoms with van der Waals surface area (Å²) in [7, 11) is 0. The Morgan fingerprint density at radius 2 is 2.10 bits per heavy atom. The number of aryl methyl sites for hydroxylation is 2. The maximum absolute atomic E-state index is 12.7. The van der Waals surface area contributed by atoms with Crippen molar-refractivity contribution in [3.05, 3.63) is 64.5 Å². The monoisotopic (exact) mass is 410 g/mol. The second-order valence-corrected chi connectivity index (χ2v) is 7.91. The molecule has 1 aliphatic heterocycles. The molecule has 0 radical (unpaired) electrons. The maximum atomic E-state index is 12.7. The van der Waals surface area contributed by atoms with Crippen molar-refractivity contribution in [2.24, 2.45) is 0 Å². The summed E-state index contributed by atoms with van der Waals surface area (Å²) in [6.45, 7) is 5.20. The van der Waals surface area contributed by atoms with E-state index in [4.69, 9.17) is 16.1 Å². The third-order valence-electron chi connectivity index (χ3n) is 5.20. The first-order valence-electron chi connectivity index (χ1n) is 9.72. The first-order chi connectivity index (χ1) is 14.0. The molecule has 0 bridgehead atoms. The Morgan fingerprint density at radius 1 is 1.24 bits per heavy atom. The van der Waals surface area contributed by atoms with Crippen LogP contribution in [0.2, 0.25) is 5.02 Å². The second kappa shape index (κ2) is 8.25. The lowest BCUT2D eigenvalue weighted by Gasteiger charge is -2.31. The molecule has 1 atom stereocenters. The summed E-state index contributed by atoms with van der Waals surface area (Å²) >= 11 is 6.16. The number of carbonyl (C=O) groups excluding carboxylic acids is 1. The number of nitrogens with zero attached hydrogens (tertiary/aromatic N) is 3. The van der Waals surface area contributed by atoms with Crippen LogP contribution in [0.25, 0.3) is 11.4 Å². The summed E-state index contributed by atoms with van der Waals surface area (Å²) in [6.07, 6.45) is 1.80. The highest BCUT2D eigenvalue weighted by atomic mass is 35.5. The predicted molar refractivity (Wildman–Crippen MR) is 113 cm³/mol. The van der Waals surface area contributed by atoms with E-state index < -0.39 is 0 Å². The van der Waals surface area contributed by atoms with Crippen molar-refractivity contribution < 1.29 is 9.32 Å². The summed E-state index contributed by atoms with van der Waals surface area (Å²) in [4.78, 5) is 19.1. The molecular weight excluding hydrogens is 388 g/mol. The molecule has 3 aromatic rings. The van der Waals surface area contributed by atoms with Crippen LogP contribution in [0.4, 0.5) is 10.5 Å². The third kappa shape index (κ3) is 4.43. The van der Waals surface area contributed by atoms with Gasteiger partial charge in [0.25, 0.3) is 0 Å². The van der Waals surface area contributed by atoms with Crippen LogP contribution >= 0.6 is 11.6 Å². The molecule has 1 aromatic heterocycles. The minimum atomic E-state index is -0.145. The molecule has 150 valence electrons. The molecule has 6 nitrogen and oxygen atoms in total. The topological polar surface area (TPSA) is 71.3 Å². The van der Waals surface area contributed by atoms with E-state index >= 15 is 0 Å². The molecule has 0 aliphatic carbocycles. The quantitative estimate of drug-likeness (QED) is 0.625. The third-order valence-corrected chi connectivity index (χ3v) is 5.61. The number of likely N-dealkylation sites (tertiary alicyclic amines) is 1. The Kier molecular flexibility index (Phi) is 5.53. The fraction of sp³-hybridized carbons (Fsp3) is 0.318. The first kappa shape index (κ1) is 19.5. The average molecular weight is 411 g/mol. The van der Waals surface area contributed by atoms with Crippen molar-refractivity contribution >= 4 is 23.3 Å². The highest BCUT2D eigenvalue weighted by Gasteiger charge is 2.29. The molecule has 0 unspecified atom stereocenters. The standard InChI is InChI=1S/C22H23ClN4O2/c1-14-5-3-6-16(11-14)20-25-21(29-26-20)17-7-4-10-27(13-17)22(28)24-18-9-8-15(2)19(23)12-18/h3,5-6,8-9,11-12,17H,4,7,10,13H2,1-2H3,(H,24,28)/t17-/m0/s1. The smallest absolute Gasteiger partial charge is 0.321 e. The van der Waals surface area contributed by atoms with Gasteiger partial charge < -0.3 is 14.7 Å². The lowest BCUT2D eigenvalue weighted by atomic mass is 9.98. The number of aromatic nitrogens is 2. The number of hydrogen-bond acceptors (Lipinski definition) is 4. The van der Waals surface area contributed by atoms with E-state index in [1.807, 2.05) is 50.2 Å². The summed E-state index contributed by atoms with van der Waals surface area (Å²) in [5.41, 5.74) is 3.74. The van der Waals surface area contributed by atoms with Crippen LogP contribution in [0.3, 0.4) is 0 Å². The van der Waals surface area contributed by atoms with Gasteiger partial charge in [0, 0.05) is 29.4 Å². The second-order valence-electron chi connectivity index (χ2n) is 7.50. The van der Waals surface area contributed by atoms with Crippen molar-refractivity contribution in [2.75, 3.05) is 18.4 Å². The van der Waals surface area contributed by atoms with E-state index in [1.165, 1.54) is 0 Å². The molecule has 0 saturated carbocycles. The lowest BCUT2D eigenvalue weighted by molar-refractivity contribution is 0.184. The van der Waals surface area contributed by atoms with Gasteiger partial charge in [-0.25, -0.2) is 4.79 Å². The molecule has 4 rings (SSSR count). The van der Waals surface area contributed by atoms with Gasteiger partial charge in [0.05, 0.1) is 5.92 Å². The van der Waals surface area contributed by atoms with Gasteiger partial charge in [0.1, 0.15) is 0 Å². The van der Waals surface area contributed by atoms with Gasteiger partial charge in [-0.2, -0.15) is 4.98 Å². The minimum absolute atomic E-state index is 0.0298. The molecule has 29 heavy (non-hydrogen) atoms. The minimum Gasteiger partial charge on any atom is -0.339 e. The number of benzene rings is 2. The molecule has 0 spiro atoms. The van der Waals surface area contributed by atoms with Gasteiger partial charge in [0.15, 0.2) is 0 Å². The Labute approximate surface area is 174 Å². The maximum Gasteiger partial charge on any atom is 0.321 e. The zero-order chi connectivity index (χ0) is 20.4. The van der Waals surface area contributed by atoms with E-state index in [2.05, 4.69) is 15.5 Å². The van der Waals surface area contributed by atoms with Crippen LogP contribution < -0.4 is 5.32 Å². The number of rotatable bonds is 3. The Hall–Kier alpha value is -2.86. The number of piperidine rings is 1. The fourth-order valence-electron chi connectivity index (χ4n) is 3.54. The van der Waals surface area contributed by atoms with Crippen LogP contribution in [-0.4, -0.2) is 34.2 Å². The van der Waals surface area contributed by atoms with Gasteiger partial charge in [-0.05, 0) is 50.5 Å². The number of urea groups is 1. The number of amides is 2. The van der Waals surface area contributed by atoms with Crippen molar-refractivity contribution in [1.29, 1.82) is 0 Å². The zero-order valence-corrected chi connectivity index (χ0v) is 17.2. The van der Waals surface area contributed by atoms with E-state index in [0.717, 1.165) is 29.5 Å². The van der Waals surface area contributed by atoms with Crippen molar-refractivity contribution in [3.63, 3.8) is 0 Å². The highest BCUT2D eigenvalue weighted by Crippen LogP contribution is 2.28. The molecule has 2 aromatic carbocycles. The lowest BCUT2D eigenvalue weighted by Crippen LogP contribution is -2.41. The number of anilines is 1.